The Morgan fingerprint density at radius 1 is 1.15 bits per heavy atom. The molecule has 1 saturated heterocycles. The Morgan fingerprint density at radius 2 is 1.85 bits per heavy atom. The molecule has 3 heterocycles. The van der Waals surface area contributed by atoms with Crippen molar-refractivity contribution >= 4 is 11.8 Å². The van der Waals surface area contributed by atoms with Crippen LogP contribution >= 0.6 is 0 Å². The number of benzene rings is 1. The van der Waals surface area contributed by atoms with E-state index in [2.05, 4.69) is 9.88 Å². The first-order valence-corrected chi connectivity index (χ1v) is 9.70. The number of imidazole rings is 1. The number of rotatable bonds is 3. The third kappa shape index (κ3) is 3.13. The maximum Gasteiger partial charge on any atom is 0.271 e. The number of aromatic nitrogens is 2. The Morgan fingerprint density at radius 3 is 2.52 bits per heavy atom. The lowest BCUT2D eigenvalue weighted by molar-refractivity contribution is -0.131. The van der Waals surface area contributed by atoms with E-state index in [-0.39, 0.29) is 29.9 Å². The molecule has 27 heavy (non-hydrogen) atoms. The van der Waals surface area contributed by atoms with E-state index in [1.807, 2.05) is 49.1 Å². The fourth-order valence-electron chi connectivity index (χ4n) is 4.50. The summed E-state index contributed by atoms with van der Waals surface area (Å²) in [4.78, 5) is 31.9. The van der Waals surface area contributed by atoms with Gasteiger partial charge in [0.1, 0.15) is 11.5 Å². The molecule has 1 N–H and O–H groups in total. The Labute approximate surface area is 159 Å². The van der Waals surface area contributed by atoms with Crippen LogP contribution in [0.3, 0.4) is 0 Å². The molecule has 0 unspecified atom stereocenters. The molecular formula is C21H26N4O2. The highest BCUT2D eigenvalue weighted by Crippen LogP contribution is 2.35. The summed E-state index contributed by atoms with van der Waals surface area (Å²) < 4.78 is 2.17. The van der Waals surface area contributed by atoms with Crippen molar-refractivity contribution in [1.82, 2.24) is 19.8 Å². The van der Waals surface area contributed by atoms with Gasteiger partial charge in [0.05, 0.1) is 11.7 Å². The molecule has 1 fully saturated rings. The van der Waals surface area contributed by atoms with Gasteiger partial charge in [0.25, 0.3) is 5.91 Å². The van der Waals surface area contributed by atoms with Gasteiger partial charge in [-0.1, -0.05) is 30.3 Å². The van der Waals surface area contributed by atoms with Gasteiger partial charge in [-0.2, -0.15) is 0 Å². The van der Waals surface area contributed by atoms with E-state index < -0.39 is 0 Å². The molecule has 4 rings (SSSR count). The molecule has 2 atom stereocenters. The van der Waals surface area contributed by atoms with Crippen LogP contribution in [0.1, 0.15) is 49.8 Å². The van der Waals surface area contributed by atoms with Gasteiger partial charge in [0, 0.05) is 37.5 Å². The second-order valence-electron chi connectivity index (χ2n) is 7.85. The van der Waals surface area contributed by atoms with Crippen LogP contribution in [0.2, 0.25) is 0 Å². The standard InChI is InChI=1S/C21H26N4O2/c1-13(2)22-21(27)19-18-11-16-9-10-17(25(16)14(3)26)12-24(18)20(23-19)15-7-5-4-6-8-15/h4-8,13,16-17H,9-12H2,1-3H3,(H,22,27)/t16-,17+/m0/s1. The fourth-order valence-corrected chi connectivity index (χ4v) is 4.50. The number of hydrogen-bond donors (Lipinski definition) is 1. The minimum absolute atomic E-state index is 0.0472. The molecule has 2 aliphatic heterocycles. The second kappa shape index (κ2) is 6.83. The quantitative estimate of drug-likeness (QED) is 0.908. The third-order valence-corrected chi connectivity index (χ3v) is 5.55. The molecule has 6 nitrogen and oxygen atoms in total. The van der Waals surface area contributed by atoms with E-state index >= 15 is 0 Å². The maximum atomic E-state index is 12.8. The fraction of sp³-hybridized carbons (Fsp3) is 0.476. The van der Waals surface area contributed by atoms with Crippen LogP contribution in [-0.4, -0.2) is 44.4 Å². The summed E-state index contributed by atoms with van der Waals surface area (Å²) in [6.07, 6.45) is 2.67. The minimum Gasteiger partial charge on any atom is -0.348 e. The SMILES string of the molecule is CC(=O)N1[C@@H]2CC[C@H]1Cc1c(C(=O)NC(C)C)nc(-c3ccccc3)n1C2. The second-order valence-corrected chi connectivity index (χ2v) is 7.85. The smallest absolute Gasteiger partial charge is 0.271 e. The normalized spacial score (nSPS) is 21.1. The number of hydrogen-bond acceptors (Lipinski definition) is 3. The molecule has 0 saturated carbocycles. The molecular weight excluding hydrogens is 340 g/mol. The summed E-state index contributed by atoms with van der Waals surface area (Å²) in [6.45, 7) is 6.24. The Bertz CT molecular complexity index is 872. The van der Waals surface area contributed by atoms with Crippen LogP contribution in [-0.2, 0) is 17.8 Å². The van der Waals surface area contributed by atoms with Gasteiger partial charge in [0.2, 0.25) is 5.91 Å². The van der Waals surface area contributed by atoms with Gasteiger partial charge in [0.15, 0.2) is 0 Å². The lowest BCUT2D eigenvalue weighted by atomic mass is 10.1. The lowest BCUT2D eigenvalue weighted by Gasteiger charge is -2.26. The number of carbonyl (C=O) groups is 2. The Balaban J connectivity index is 1.83. The van der Waals surface area contributed by atoms with Gasteiger partial charge in [-0.05, 0) is 26.7 Å². The van der Waals surface area contributed by atoms with Crippen molar-refractivity contribution in [2.24, 2.45) is 0 Å². The van der Waals surface area contributed by atoms with Crippen LogP contribution in [0.25, 0.3) is 11.4 Å². The average molecular weight is 366 g/mol. The Hall–Kier alpha value is -2.63. The predicted octanol–water partition coefficient (Wildman–Crippen LogP) is 2.62. The van der Waals surface area contributed by atoms with Crippen molar-refractivity contribution in [3.8, 4) is 11.4 Å². The lowest BCUT2D eigenvalue weighted by Crippen LogP contribution is -2.40. The van der Waals surface area contributed by atoms with E-state index in [9.17, 15) is 9.59 Å². The summed E-state index contributed by atoms with van der Waals surface area (Å²) in [7, 11) is 0. The molecule has 2 bridgehead atoms. The molecule has 142 valence electrons. The zero-order chi connectivity index (χ0) is 19.1. The average Bonchev–Trinajstić information content (AvgIpc) is 3.12. The number of nitrogens with one attached hydrogen (secondary N) is 1. The van der Waals surface area contributed by atoms with E-state index in [1.54, 1.807) is 6.92 Å². The highest BCUT2D eigenvalue weighted by molar-refractivity contribution is 5.94. The van der Waals surface area contributed by atoms with Gasteiger partial charge >= 0.3 is 0 Å². The third-order valence-electron chi connectivity index (χ3n) is 5.55. The van der Waals surface area contributed by atoms with E-state index in [4.69, 9.17) is 4.98 Å². The van der Waals surface area contributed by atoms with Crippen LogP contribution in [0.5, 0.6) is 0 Å². The van der Waals surface area contributed by atoms with Crippen molar-refractivity contribution in [1.29, 1.82) is 0 Å². The first-order chi connectivity index (χ1) is 13.0. The molecule has 1 aromatic carbocycles. The van der Waals surface area contributed by atoms with Crippen LogP contribution in [0.15, 0.2) is 30.3 Å². The predicted molar refractivity (Wildman–Crippen MR) is 103 cm³/mol. The van der Waals surface area contributed by atoms with Gasteiger partial charge < -0.3 is 14.8 Å². The zero-order valence-electron chi connectivity index (χ0n) is 16.1. The monoisotopic (exact) mass is 366 g/mol. The number of fused-ring (bicyclic) bond motifs is 3. The van der Waals surface area contributed by atoms with Crippen molar-refractivity contribution in [2.45, 2.75) is 64.7 Å². The molecule has 0 radical (unpaired) electrons. The molecule has 0 spiro atoms. The number of carbonyl (C=O) groups excluding carboxylic acids is 2. The summed E-state index contributed by atoms with van der Waals surface area (Å²) in [5.74, 6) is 0.800. The van der Waals surface area contributed by atoms with Crippen molar-refractivity contribution in [3.05, 3.63) is 41.7 Å². The van der Waals surface area contributed by atoms with Gasteiger partial charge in [-0.25, -0.2) is 4.98 Å². The van der Waals surface area contributed by atoms with Crippen molar-refractivity contribution < 1.29 is 9.59 Å². The highest BCUT2D eigenvalue weighted by Gasteiger charge is 2.41. The van der Waals surface area contributed by atoms with Crippen LogP contribution in [0, 0.1) is 0 Å². The van der Waals surface area contributed by atoms with Crippen molar-refractivity contribution in [3.63, 3.8) is 0 Å². The number of nitrogens with zero attached hydrogens (tertiary/aromatic N) is 3. The molecule has 6 heteroatoms. The molecule has 2 aromatic rings. The summed E-state index contributed by atoms with van der Waals surface area (Å²) >= 11 is 0. The zero-order valence-corrected chi connectivity index (χ0v) is 16.1. The first kappa shape index (κ1) is 17.8. The maximum absolute atomic E-state index is 12.8. The summed E-state index contributed by atoms with van der Waals surface area (Å²) in [5.41, 5.74) is 2.44. The molecule has 0 aliphatic carbocycles. The minimum atomic E-state index is -0.136. The first-order valence-electron chi connectivity index (χ1n) is 9.70. The molecule has 2 aliphatic rings. The van der Waals surface area contributed by atoms with E-state index in [1.165, 1.54) is 0 Å². The van der Waals surface area contributed by atoms with Crippen molar-refractivity contribution in [2.75, 3.05) is 0 Å². The largest absolute Gasteiger partial charge is 0.348 e. The Kier molecular flexibility index (Phi) is 4.50. The van der Waals surface area contributed by atoms with Gasteiger partial charge in [-0.15, -0.1) is 0 Å². The van der Waals surface area contributed by atoms with Crippen LogP contribution < -0.4 is 5.32 Å². The highest BCUT2D eigenvalue weighted by atomic mass is 16.2. The molecule has 2 amide bonds. The van der Waals surface area contributed by atoms with E-state index in [0.717, 1.165) is 29.9 Å². The van der Waals surface area contributed by atoms with E-state index in [0.29, 0.717) is 18.7 Å². The molecule has 1 aromatic heterocycles. The topological polar surface area (TPSA) is 67.2 Å². The van der Waals surface area contributed by atoms with Gasteiger partial charge in [-0.3, -0.25) is 9.59 Å². The summed E-state index contributed by atoms with van der Waals surface area (Å²) in [6, 6.07) is 10.3. The number of amides is 2. The summed E-state index contributed by atoms with van der Waals surface area (Å²) in [5, 5.41) is 2.98. The van der Waals surface area contributed by atoms with Crippen LogP contribution in [0.4, 0.5) is 0 Å².